The number of benzene rings is 3. The summed E-state index contributed by atoms with van der Waals surface area (Å²) < 4.78 is 44.7. The number of ether oxygens (including phenoxy) is 1. The molecule has 3 aromatic carbocycles. The predicted octanol–water partition coefficient (Wildman–Crippen LogP) is 3.58. The number of anilines is 1. The highest BCUT2D eigenvalue weighted by Crippen LogP contribution is 2.34. The fraction of sp³-hybridized carbons (Fsp3) is 0.143. The average molecular weight is 550 g/mol. The fourth-order valence-electron chi connectivity index (χ4n) is 4.34. The third kappa shape index (κ3) is 5.96. The van der Waals surface area contributed by atoms with Crippen LogP contribution in [-0.2, 0) is 24.3 Å². The molecule has 0 unspecified atom stereocenters. The van der Waals surface area contributed by atoms with Crippen molar-refractivity contribution in [3.05, 3.63) is 116 Å². The highest BCUT2D eigenvalue weighted by atomic mass is 19.4. The Bertz CT molecular complexity index is 1700. The second-order valence-corrected chi connectivity index (χ2v) is 9.05. The van der Waals surface area contributed by atoms with Gasteiger partial charge in [-0.05, 0) is 40.5 Å². The Labute approximate surface area is 224 Å². The van der Waals surface area contributed by atoms with Gasteiger partial charge in [0.25, 0.3) is 11.5 Å². The molecule has 0 saturated heterocycles. The summed E-state index contributed by atoms with van der Waals surface area (Å²) in [5, 5.41) is 5.11. The maximum Gasteiger partial charge on any atom is 0.573 e. The molecule has 9 nitrogen and oxygen atoms in total. The van der Waals surface area contributed by atoms with Crippen LogP contribution in [0.1, 0.15) is 27.2 Å². The van der Waals surface area contributed by atoms with E-state index in [9.17, 15) is 32.3 Å². The Kier molecular flexibility index (Phi) is 6.99. The molecule has 204 valence electrons. The SMILES string of the molecule is O=C1Cc2cc(-c3ccc(CNC(=O)c4cc(=O)n(Cc5ccccc5)c(=O)[nH]4)c(OC(F)(F)F)c3)ccc2N1. The second kappa shape index (κ2) is 10.6. The molecular weight excluding hydrogens is 529 g/mol. The number of carbonyl (C=O) groups is 2. The number of carbonyl (C=O) groups excluding carboxylic acids is 2. The zero-order valence-electron chi connectivity index (χ0n) is 20.7. The summed E-state index contributed by atoms with van der Waals surface area (Å²) in [4.78, 5) is 51.6. The van der Waals surface area contributed by atoms with Gasteiger partial charge < -0.3 is 20.4 Å². The first-order valence-corrected chi connectivity index (χ1v) is 12.0. The van der Waals surface area contributed by atoms with Crippen LogP contribution in [0.3, 0.4) is 0 Å². The topological polar surface area (TPSA) is 122 Å². The van der Waals surface area contributed by atoms with Crippen LogP contribution in [-0.4, -0.2) is 27.7 Å². The van der Waals surface area contributed by atoms with Crippen LogP contribution in [0.5, 0.6) is 5.75 Å². The van der Waals surface area contributed by atoms with Gasteiger partial charge in [-0.3, -0.25) is 19.0 Å². The predicted molar refractivity (Wildman–Crippen MR) is 139 cm³/mol. The van der Waals surface area contributed by atoms with Crippen LogP contribution in [0.25, 0.3) is 11.1 Å². The molecule has 1 aliphatic rings. The van der Waals surface area contributed by atoms with Crippen molar-refractivity contribution in [2.75, 3.05) is 5.32 Å². The van der Waals surface area contributed by atoms with E-state index in [1.54, 1.807) is 54.6 Å². The highest BCUT2D eigenvalue weighted by molar-refractivity contribution is 5.99. The van der Waals surface area contributed by atoms with Gasteiger partial charge in [-0.1, -0.05) is 48.5 Å². The molecule has 3 N–H and O–H groups in total. The third-order valence-electron chi connectivity index (χ3n) is 6.24. The van der Waals surface area contributed by atoms with Gasteiger partial charge >= 0.3 is 12.1 Å². The number of aromatic amines is 1. The normalized spacial score (nSPS) is 12.5. The van der Waals surface area contributed by atoms with Gasteiger partial charge in [-0.15, -0.1) is 13.2 Å². The van der Waals surface area contributed by atoms with Crippen molar-refractivity contribution in [2.45, 2.75) is 25.9 Å². The lowest BCUT2D eigenvalue weighted by molar-refractivity contribution is -0.274. The molecule has 1 aliphatic heterocycles. The van der Waals surface area contributed by atoms with E-state index < -0.39 is 29.3 Å². The minimum absolute atomic E-state index is 0.00155. The molecule has 0 atom stereocenters. The highest BCUT2D eigenvalue weighted by Gasteiger charge is 2.32. The Morgan fingerprint density at radius 3 is 2.40 bits per heavy atom. The molecule has 0 aliphatic carbocycles. The zero-order chi connectivity index (χ0) is 28.4. The number of nitrogens with one attached hydrogen (secondary N) is 3. The number of H-pyrrole nitrogens is 1. The minimum atomic E-state index is -5.00. The van der Waals surface area contributed by atoms with Gasteiger partial charge in [0.2, 0.25) is 5.91 Å². The number of halogens is 3. The molecule has 5 rings (SSSR count). The smallest absolute Gasteiger partial charge is 0.405 e. The summed E-state index contributed by atoms with van der Waals surface area (Å²) in [7, 11) is 0. The zero-order valence-corrected chi connectivity index (χ0v) is 20.7. The molecular formula is C28H21F3N4O5. The summed E-state index contributed by atoms with van der Waals surface area (Å²) >= 11 is 0. The molecule has 0 bridgehead atoms. The van der Waals surface area contributed by atoms with Gasteiger partial charge in [0.1, 0.15) is 11.4 Å². The first-order valence-electron chi connectivity index (χ1n) is 12.0. The number of alkyl halides is 3. The second-order valence-electron chi connectivity index (χ2n) is 9.05. The van der Waals surface area contributed by atoms with Crippen molar-refractivity contribution in [2.24, 2.45) is 0 Å². The van der Waals surface area contributed by atoms with Crippen LogP contribution in [0.4, 0.5) is 18.9 Å². The van der Waals surface area contributed by atoms with E-state index in [0.717, 1.165) is 16.2 Å². The molecule has 40 heavy (non-hydrogen) atoms. The summed E-state index contributed by atoms with van der Waals surface area (Å²) in [5.74, 6) is -1.57. The summed E-state index contributed by atoms with van der Waals surface area (Å²) in [6, 6.07) is 18.9. The molecule has 4 aromatic rings. The van der Waals surface area contributed by atoms with Crippen molar-refractivity contribution in [1.82, 2.24) is 14.9 Å². The molecule has 0 fully saturated rings. The molecule has 0 radical (unpaired) electrons. The number of fused-ring (bicyclic) bond motifs is 1. The largest absolute Gasteiger partial charge is 0.573 e. The monoisotopic (exact) mass is 550 g/mol. The van der Waals surface area contributed by atoms with Gasteiger partial charge in [0.05, 0.1) is 13.0 Å². The lowest BCUT2D eigenvalue weighted by atomic mass is 10.00. The Morgan fingerprint density at radius 1 is 0.950 bits per heavy atom. The lowest BCUT2D eigenvalue weighted by Gasteiger charge is -2.16. The lowest BCUT2D eigenvalue weighted by Crippen LogP contribution is -2.38. The average Bonchev–Trinajstić information content (AvgIpc) is 3.28. The summed E-state index contributed by atoms with van der Waals surface area (Å²) in [6.45, 7) is -0.388. The molecule has 2 amide bonds. The number of hydrogen-bond acceptors (Lipinski definition) is 5. The van der Waals surface area contributed by atoms with Gasteiger partial charge in [0, 0.05) is 23.9 Å². The van der Waals surface area contributed by atoms with Crippen molar-refractivity contribution in [1.29, 1.82) is 0 Å². The number of nitrogens with zero attached hydrogens (tertiary/aromatic N) is 1. The molecule has 12 heteroatoms. The number of hydrogen-bond donors (Lipinski definition) is 3. The maximum absolute atomic E-state index is 13.2. The quantitative estimate of drug-likeness (QED) is 0.325. The summed E-state index contributed by atoms with van der Waals surface area (Å²) in [6.07, 6.45) is -4.84. The van der Waals surface area contributed by atoms with Crippen LogP contribution in [0.15, 0.2) is 82.4 Å². The van der Waals surface area contributed by atoms with E-state index in [-0.39, 0.29) is 36.7 Å². The van der Waals surface area contributed by atoms with Gasteiger partial charge in [-0.2, -0.15) is 0 Å². The van der Waals surface area contributed by atoms with Gasteiger partial charge in [-0.25, -0.2) is 4.79 Å². The van der Waals surface area contributed by atoms with Crippen molar-refractivity contribution in [3.63, 3.8) is 0 Å². The Morgan fingerprint density at radius 2 is 1.68 bits per heavy atom. The Balaban J connectivity index is 1.35. The van der Waals surface area contributed by atoms with Gasteiger partial charge in [0.15, 0.2) is 0 Å². The first kappa shape index (κ1) is 26.5. The standard InChI is InChI=1S/C28H21F3N4O5/c29-28(30,31)40-23-11-18(17-8-9-21-20(10-17)12-24(36)33-21)6-7-19(23)14-32-26(38)22-13-25(37)35(27(39)34-22)15-16-4-2-1-3-5-16/h1-11,13H,12,14-15H2,(H,32,38)(H,33,36)(H,34,39). The number of rotatable bonds is 7. The summed E-state index contributed by atoms with van der Waals surface area (Å²) in [5.41, 5.74) is 1.20. The minimum Gasteiger partial charge on any atom is -0.405 e. The fourth-order valence-corrected chi connectivity index (χ4v) is 4.34. The molecule has 0 spiro atoms. The van der Waals surface area contributed by atoms with Crippen LogP contribution in [0, 0.1) is 0 Å². The maximum atomic E-state index is 13.2. The van der Waals surface area contributed by atoms with Crippen molar-refractivity contribution in [3.8, 4) is 16.9 Å². The van der Waals surface area contributed by atoms with Crippen LogP contribution in [0.2, 0.25) is 0 Å². The van der Waals surface area contributed by atoms with Crippen molar-refractivity contribution >= 4 is 17.5 Å². The van der Waals surface area contributed by atoms with E-state index in [2.05, 4.69) is 20.4 Å². The molecule has 1 aromatic heterocycles. The van der Waals surface area contributed by atoms with E-state index in [4.69, 9.17) is 0 Å². The van der Waals surface area contributed by atoms with E-state index in [1.807, 2.05) is 0 Å². The van der Waals surface area contributed by atoms with E-state index in [0.29, 0.717) is 22.4 Å². The van der Waals surface area contributed by atoms with Crippen LogP contribution < -0.4 is 26.6 Å². The number of amides is 2. The first-order chi connectivity index (χ1) is 19.1. The number of aromatic nitrogens is 2. The molecule has 2 heterocycles. The van der Waals surface area contributed by atoms with Crippen LogP contribution >= 0.6 is 0 Å². The van der Waals surface area contributed by atoms with E-state index in [1.165, 1.54) is 12.1 Å². The van der Waals surface area contributed by atoms with E-state index >= 15 is 0 Å². The Hall–Kier alpha value is -5.13. The third-order valence-corrected chi connectivity index (χ3v) is 6.24. The molecule has 0 saturated carbocycles. The van der Waals surface area contributed by atoms with Crippen molar-refractivity contribution < 1.29 is 27.5 Å².